The van der Waals surface area contributed by atoms with Gasteiger partial charge in [-0.05, 0) is 18.2 Å². The van der Waals surface area contributed by atoms with E-state index < -0.39 is 0 Å². The third-order valence-corrected chi connectivity index (χ3v) is 2.58. The van der Waals surface area contributed by atoms with Crippen molar-refractivity contribution in [3.63, 3.8) is 0 Å². The minimum absolute atomic E-state index is 0.603. The number of methoxy groups -OCH3 is 2. The van der Waals surface area contributed by atoms with Gasteiger partial charge in [0.05, 0.1) is 38.6 Å². The van der Waals surface area contributed by atoms with E-state index in [-0.39, 0.29) is 0 Å². The van der Waals surface area contributed by atoms with Crippen LogP contribution in [0.1, 0.15) is 11.1 Å². The van der Waals surface area contributed by atoms with Crippen LogP contribution in [-0.4, -0.2) is 40.6 Å². The first-order valence-electron chi connectivity index (χ1n) is 6.16. The molecule has 0 fully saturated rings. The lowest BCUT2D eigenvalue weighted by molar-refractivity contribution is 0.0719. The summed E-state index contributed by atoms with van der Waals surface area (Å²) in [6.45, 7) is 3.23. The lowest BCUT2D eigenvalue weighted by atomic mass is 10.1. The van der Waals surface area contributed by atoms with Crippen molar-refractivity contribution >= 4 is 0 Å². The highest BCUT2D eigenvalue weighted by atomic mass is 16.5. The van der Waals surface area contributed by atoms with Crippen LogP contribution in [0.15, 0.2) is 18.2 Å². The van der Waals surface area contributed by atoms with E-state index in [0.717, 1.165) is 17.9 Å². The molecule has 5 nitrogen and oxygen atoms in total. The smallest absolute Gasteiger partial charge is 0.123 e. The molecule has 0 aliphatic heterocycles. The summed E-state index contributed by atoms with van der Waals surface area (Å²) in [5, 5.41) is 12.1. The summed E-state index contributed by atoms with van der Waals surface area (Å²) in [6.07, 6.45) is 0. The van der Waals surface area contributed by atoms with Gasteiger partial charge in [0.15, 0.2) is 0 Å². The maximum atomic E-state index is 8.87. The molecule has 19 heavy (non-hydrogen) atoms. The van der Waals surface area contributed by atoms with Crippen molar-refractivity contribution in [3.8, 4) is 11.8 Å². The molecule has 1 N–H and O–H groups in total. The fourth-order valence-corrected chi connectivity index (χ4v) is 1.60. The number of nitrogens with zero attached hydrogens (tertiary/aromatic N) is 1. The lowest BCUT2D eigenvalue weighted by Gasteiger charge is -2.10. The maximum absolute atomic E-state index is 8.87. The van der Waals surface area contributed by atoms with Crippen LogP contribution in [0.2, 0.25) is 0 Å². The van der Waals surface area contributed by atoms with Crippen molar-refractivity contribution in [1.82, 2.24) is 5.32 Å². The fraction of sp³-hybridized carbons (Fsp3) is 0.500. The summed E-state index contributed by atoms with van der Waals surface area (Å²) >= 11 is 0. The molecule has 0 bridgehead atoms. The molecule has 0 aliphatic rings. The topological polar surface area (TPSA) is 63.5 Å². The van der Waals surface area contributed by atoms with Crippen LogP contribution in [0.3, 0.4) is 0 Å². The van der Waals surface area contributed by atoms with Gasteiger partial charge in [-0.3, -0.25) is 0 Å². The molecule has 1 aromatic carbocycles. The summed E-state index contributed by atoms with van der Waals surface area (Å²) < 4.78 is 15.5. The first-order valence-corrected chi connectivity index (χ1v) is 6.16. The second-order valence-corrected chi connectivity index (χ2v) is 3.92. The summed E-state index contributed by atoms with van der Waals surface area (Å²) in [5.74, 6) is 0.784. The van der Waals surface area contributed by atoms with Crippen molar-refractivity contribution in [2.75, 3.05) is 40.6 Å². The molecule has 0 radical (unpaired) electrons. The van der Waals surface area contributed by atoms with Gasteiger partial charge < -0.3 is 19.5 Å². The zero-order valence-corrected chi connectivity index (χ0v) is 11.4. The number of hydrogen-bond acceptors (Lipinski definition) is 5. The monoisotopic (exact) mass is 264 g/mol. The van der Waals surface area contributed by atoms with E-state index in [1.807, 2.05) is 12.1 Å². The average molecular weight is 264 g/mol. The minimum Gasteiger partial charge on any atom is -0.496 e. The van der Waals surface area contributed by atoms with Crippen LogP contribution in [0, 0.1) is 11.3 Å². The quantitative estimate of drug-likeness (QED) is 0.681. The fourth-order valence-electron chi connectivity index (χ4n) is 1.60. The van der Waals surface area contributed by atoms with E-state index in [2.05, 4.69) is 11.4 Å². The predicted molar refractivity (Wildman–Crippen MR) is 72.1 cm³/mol. The zero-order chi connectivity index (χ0) is 13.9. The number of benzene rings is 1. The summed E-state index contributed by atoms with van der Waals surface area (Å²) in [4.78, 5) is 0. The minimum atomic E-state index is 0.603. The molecule has 5 heteroatoms. The van der Waals surface area contributed by atoms with Crippen molar-refractivity contribution in [2.45, 2.75) is 6.54 Å². The standard InChI is InChI=1S/C14H20N2O3/c1-17-7-8-19-6-5-16-11-13-9-12(10-15)3-4-14(13)18-2/h3-4,9,16H,5-8,11H2,1-2H3. The van der Waals surface area contributed by atoms with Gasteiger partial charge in [-0.1, -0.05) is 0 Å². The third-order valence-electron chi connectivity index (χ3n) is 2.58. The Morgan fingerprint density at radius 3 is 2.74 bits per heavy atom. The van der Waals surface area contributed by atoms with Crippen molar-refractivity contribution < 1.29 is 14.2 Å². The van der Waals surface area contributed by atoms with Crippen LogP contribution >= 0.6 is 0 Å². The third kappa shape index (κ3) is 5.71. The number of nitrogens with one attached hydrogen (secondary N) is 1. The molecule has 0 atom stereocenters. The molecule has 0 spiro atoms. The molecule has 0 amide bonds. The van der Waals surface area contributed by atoms with E-state index >= 15 is 0 Å². The maximum Gasteiger partial charge on any atom is 0.123 e. The van der Waals surface area contributed by atoms with Gasteiger partial charge >= 0.3 is 0 Å². The molecular formula is C14H20N2O3. The molecule has 1 rings (SSSR count). The summed E-state index contributed by atoms with van der Waals surface area (Å²) in [6, 6.07) is 7.51. The highest BCUT2D eigenvalue weighted by molar-refractivity contribution is 5.41. The number of hydrogen-bond donors (Lipinski definition) is 1. The van der Waals surface area contributed by atoms with Gasteiger partial charge in [-0.25, -0.2) is 0 Å². The number of ether oxygens (including phenoxy) is 3. The number of rotatable bonds is 9. The van der Waals surface area contributed by atoms with Crippen molar-refractivity contribution in [2.24, 2.45) is 0 Å². The normalized spacial score (nSPS) is 10.2. The Balaban J connectivity index is 2.34. The molecule has 0 aliphatic carbocycles. The Bertz CT molecular complexity index is 416. The van der Waals surface area contributed by atoms with Crippen LogP contribution in [-0.2, 0) is 16.0 Å². The van der Waals surface area contributed by atoms with Crippen LogP contribution in [0.25, 0.3) is 0 Å². The predicted octanol–water partition coefficient (Wildman–Crippen LogP) is 1.32. The van der Waals surface area contributed by atoms with Crippen LogP contribution < -0.4 is 10.1 Å². The Morgan fingerprint density at radius 1 is 1.21 bits per heavy atom. The molecule has 1 aromatic rings. The average Bonchev–Trinajstić information content (AvgIpc) is 2.46. The zero-order valence-electron chi connectivity index (χ0n) is 11.4. The molecule has 104 valence electrons. The molecule has 0 unspecified atom stereocenters. The lowest BCUT2D eigenvalue weighted by Crippen LogP contribution is -2.20. The van der Waals surface area contributed by atoms with Crippen molar-refractivity contribution in [1.29, 1.82) is 5.26 Å². The molecular weight excluding hydrogens is 244 g/mol. The second-order valence-electron chi connectivity index (χ2n) is 3.92. The van der Waals surface area contributed by atoms with E-state index in [1.54, 1.807) is 20.3 Å². The van der Waals surface area contributed by atoms with Gasteiger partial charge in [0.2, 0.25) is 0 Å². The summed E-state index contributed by atoms with van der Waals surface area (Å²) in [5.41, 5.74) is 1.60. The van der Waals surface area contributed by atoms with E-state index in [1.165, 1.54) is 0 Å². The highest BCUT2D eigenvalue weighted by Gasteiger charge is 2.03. The van der Waals surface area contributed by atoms with Crippen LogP contribution in [0.4, 0.5) is 0 Å². The SMILES string of the molecule is COCCOCCNCc1cc(C#N)ccc1OC. The van der Waals surface area contributed by atoms with Gasteiger partial charge in [0, 0.05) is 25.8 Å². The van der Waals surface area contributed by atoms with Crippen LogP contribution in [0.5, 0.6) is 5.75 Å². The Hall–Kier alpha value is -1.61. The summed E-state index contributed by atoms with van der Waals surface area (Å²) in [7, 11) is 3.27. The van der Waals surface area contributed by atoms with Gasteiger partial charge in [-0.15, -0.1) is 0 Å². The number of nitriles is 1. The Labute approximate surface area is 114 Å². The molecule has 0 saturated carbocycles. The molecule has 0 saturated heterocycles. The van der Waals surface area contributed by atoms with E-state index in [9.17, 15) is 0 Å². The molecule has 0 heterocycles. The molecule has 0 aromatic heterocycles. The van der Waals surface area contributed by atoms with E-state index in [0.29, 0.717) is 31.9 Å². The Kier molecular flexibility index (Phi) is 7.59. The van der Waals surface area contributed by atoms with Gasteiger partial charge in [0.25, 0.3) is 0 Å². The Morgan fingerprint density at radius 2 is 2.05 bits per heavy atom. The largest absolute Gasteiger partial charge is 0.496 e. The first kappa shape index (κ1) is 15.4. The van der Waals surface area contributed by atoms with Gasteiger partial charge in [0.1, 0.15) is 5.75 Å². The first-order chi connectivity index (χ1) is 9.31. The highest BCUT2D eigenvalue weighted by Crippen LogP contribution is 2.19. The second kappa shape index (κ2) is 9.34. The van der Waals surface area contributed by atoms with Crippen molar-refractivity contribution in [3.05, 3.63) is 29.3 Å². The van der Waals surface area contributed by atoms with E-state index in [4.69, 9.17) is 19.5 Å². The van der Waals surface area contributed by atoms with Gasteiger partial charge in [-0.2, -0.15) is 5.26 Å².